The highest BCUT2D eigenvalue weighted by Gasteiger charge is 2.25. The number of hydrogen-bond donors (Lipinski definition) is 1. The van der Waals surface area contributed by atoms with E-state index < -0.39 is 0 Å². The van der Waals surface area contributed by atoms with Crippen LogP contribution in [0.5, 0.6) is 11.6 Å². The molecule has 0 bridgehead atoms. The van der Waals surface area contributed by atoms with Crippen LogP contribution in [-0.4, -0.2) is 41.3 Å². The van der Waals surface area contributed by atoms with Gasteiger partial charge in [0.2, 0.25) is 5.88 Å². The van der Waals surface area contributed by atoms with Crippen molar-refractivity contribution in [2.24, 2.45) is 0 Å². The van der Waals surface area contributed by atoms with Crippen LogP contribution in [0.3, 0.4) is 0 Å². The van der Waals surface area contributed by atoms with Crippen LogP contribution in [0.15, 0.2) is 53.3 Å². The van der Waals surface area contributed by atoms with Gasteiger partial charge in [-0.2, -0.15) is 0 Å². The minimum atomic E-state index is -0.203. The maximum Gasteiger partial charge on any atom is 0.256 e. The highest BCUT2D eigenvalue weighted by molar-refractivity contribution is 5.94. The van der Waals surface area contributed by atoms with Gasteiger partial charge in [0.1, 0.15) is 23.2 Å². The number of nitrogens with zero attached hydrogens (tertiary/aromatic N) is 3. The molecular formula is C25H30N4O4. The number of pyridine rings is 1. The smallest absolute Gasteiger partial charge is 0.256 e. The first kappa shape index (κ1) is 22.6. The molecule has 1 aromatic carbocycles. The van der Waals surface area contributed by atoms with Gasteiger partial charge in [0.05, 0.1) is 24.9 Å². The summed E-state index contributed by atoms with van der Waals surface area (Å²) in [7, 11) is 0. The summed E-state index contributed by atoms with van der Waals surface area (Å²) in [5.74, 6) is 1.76. The molecule has 1 aliphatic rings. The van der Waals surface area contributed by atoms with Crippen LogP contribution < -0.4 is 19.7 Å². The number of amides is 1. The number of hydrogen-bond acceptors (Lipinski definition) is 7. The Morgan fingerprint density at radius 2 is 2.00 bits per heavy atom. The fraction of sp³-hybridized carbons (Fsp3) is 0.400. The average molecular weight is 451 g/mol. The van der Waals surface area contributed by atoms with Crippen molar-refractivity contribution >= 4 is 11.6 Å². The summed E-state index contributed by atoms with van der Waals surface area (Å²) in [6, 6.07) is 11.7. The van der Waals surface area contributed by atoms with E-state index in [4.69, 9.17) is 14.0 Å². The Hall–Kier alpha value is -3.55. The fourth-order valence-corrected chi connectivity index (χ4v) is 3.86. The standard InChI is InChI=1S/C25H30N4O4/c1-16(2)31-24-13-20(9-11-26-24)29-12-10-22(15-29)32-21-7-5-19(6-8-21)17(3)28-25(30)23-14-27-33-18(23)4/h5-9,11,13-14,16-17,22H,10,12,15H2,1-4H3,(H,28,30)/t17-,22?/m0/s1. The number of ether oxygens (including phenoxy) is 2. The molecule has 1 N–H and O–H groups in total. The van der Waals surface area contributed by atoms with E-state index in [0.29, 0.717) is 17.2 Å². The summed E-state index contributed by atoms with van der Waals surface area (Å²) in [6.07, 6.45) is 4.35. The van der Waals surface area contributed by atoms with Crippen molar-refractivity contribution in [3.63, 3.8) is 0 Å². The van der Waals surface area contributed by atoms with Gasteiger partial charge in [-0.25, -0.2) is 4.98 Å². The Kier molecular flexibility index (Phi) is 6.82. The number of nitrogens with one attached hydrogen (secondary N) is 1. The molecule has 4 rings (SSSR count). The fourth-order valence-electron chi connectivity index (χ4n) is 3.86. The third kappa shape index (κ3) is 5.63. The van der Waals surface area contributed by atoms with Gasteiger partial charge in [-0.15, -0.1) is 0 Å². The molecule has 1 unspecified atom stereocenters. The average Bonchev–Trinajstić information content (AvgIpc) is 3.43. The Balaban J connectivity index is 1.31. The number of aromatic nitrogens is 2. The van der Waals surface area contributed by atoms with Gasteiger partial charge in [0.15, 0.2) is 0 Å². The Morgan fingerprint density at radius 1 is 1.21 bits per heavy atom. The minimum Gasteiger partial charge on any atom is -0.489 e. The van der Waals surface area contributed by atoms with Gasteiger partial charge in [-0.3, -0.25) is 4.79 Å². The maximum absolute atomic E-state index is 12.4. The summed E-state index contributed by atoms with van der Waals surface area (Å²) < 4.78 is 16.9. The lowest BCUT2D eigenvalue weighted by Crippen LogP contribution is -2.27. The molecule has 8 nitrogen and oxygen atoms in total. The number of benzene rings is 1. The first-order chi connectivity index (χ1) is 15.9. The molecule has 33 heavy (non-hydrogen) atoms. The molecule has 0 spiro atoms. The largest absolute Gasteiger partial charge is 0.489 e. The lowest BCUT2D eigenvalue weighted by atomic mass is 10.1. The van der Waals surface area contributed by atoms with Crippen LogP contribution in [0, 0.1) is 6.92 Å². The van der Waals surface area contributed by atoms with Gasteiger partial charge in [-0.1, -0.05) is 17.3 Å². The van der Waals surface area contributed by atoms with Crippen molar-refractivity contribution in [1.82, 2.24) is 15.5 Å². The van der Waals surface area contributed by atoms with Gasteiger partial charge in [0.25, 0.3) is 5.91 Å². The topological polar surface area (TPSA) is 89.7 Å². The van der Waals surface area contributed by atoms with Crippen molar-refractivity contribution in [1.29, 1.82) is 0 Å². The second-order valence-electron chi connectivity index (χ2n) is 8.55. The van der Waals surface area contributed by atoms with Crippen molar-refractivity contribution in [2.75, 3.05) is 18.0 Å². The first-order valence-corrected chi connectivity index (χ1v) is 11.3. The lowest BCUT2D eigenvalue weighted by molar-refractivity contribution is 0.0938. The Morgan fingerprint density at radius 3 is 2.70 bits per heavy atom. The molecule has 0 saturated carbocycles. The number of aryl methyl sites for hydroxylation is 1. The SMILES string of the molecule is Cc1oncc1C(=O)N[C@@H](C)c1ccc(OC2CCN(c3ccnc(OC(C)C)c3)C2)cc1. The van der Waals surface area contributed by atoms with E-state index in [1.165, 1.54) is 6.20 Å². The summed E-state index contributed by atoms with van der Waals surface area (Å²) in [6.45, 7) is 9.36. The number of anilines is 1. The summed E-state index contributed by atoms with van der Waals surface area (Å²) >= 11 is 0. The molecule has 0 aliphatic carbocycles. The van der Waals surface area contributed by atoms with E-state index in [0.717, 1.165) is 36.5 Å². The molecule has 3 aromatic rings. The molecular weight excluding hydrogens is 420 g/mol. The van der Waals surface area contributed by atoms with E-state index in [-0.39, 0.29) is 24.2 Å². The minimum absolute atomic E-state index is 0.0909. The normalized spacial score (nSPS) is 16.6. The van der Waals surface area contributed by atoms with Crippen LogP contribution in [0.25, 0.3) is 0 Å². The van der Waals surface area contributed by atoms with Gasteiger partial charge < -0.3 is 24.2 Å². The van der Waals surface area contributed by atoms with Crippen molar-refractivity contribution < 1.29 is 18.8 Å². The maximum atomic E-state index is 12.4. The highest BCUT2D eigenvalue weighted by Crippen LogP contribution is 2.26. The predicted octanol–water partition coefficient (Wildman–Crippen LogP) is 4.31. The molecule has 0 radical (unpaired) electrons. The summed E-state index contributed by atoms with van der Waals surface area (Å²) in [4.78, 5) is 18.9. The zero-order valence-corrected chi connectivity index (χ0v) is 19.4. The zero-order valence-electron chi connectivity index (χ0n) is 19.4. The van der Waals surface area contributed by atoms with E-state index >= 15 is 0 Å². The second kappa shape index (κ2) is 9.94. The third-order valence-electron chi connectivity index (χ3n) is 5.61. The quantitative estimate of drug-likeness (QED) is 0.547. The Bertz CT molecular complexity index is 1080. The van der Waals surface area contributed by atoms with E-state index in [2.05, 4.69) is 20.4 Å². The van der Waals surface area contributed by atoms with Crippen LogP contribution in [-0.2, 0) is 0 Å². The number of carbonyl (C=O) groups is 1. The molecule has 174 valence electrons. The van der Waals surface area contributed by atoms with Crippen LogP contribution >= 0.6 is 0 Å². The van der Waals surface area contributed by atoms with Crippen LogP contribution in [0.4, 0.5) is 5.69 Å². The second-order valence-corrected chi connectivity index (χ2v) is 8.55. The molecule has 2 aromatic heterocycles. The highest BCUT2D eigenvalue weighted by atomic mass is 16.5. The molecule has 1 fully saturated rings. The molecule has 1 aliphatic heterocycles. The van der Waals surface area contributed by atoms with Gasteiger partial charge in [-0.05, 0) is 51.5 Å². The van der Waals surface area contributed by atoms with Crippen LogP contribution in [0.2, 0.25) is 0 Å². The van der Waals surface area contributed by atoms with Crippen molar-refractivity contribution in [2.45, 2.75) is 52.4 Å². The van der Waals surface area contributed by atoms with E-state index in [9.17, 15) is 4.79 Å². The molecule has 8 heteroatoms. The van der Waals surface area contributed by atoms with E-state index in [1.807, 2.05) is 57.2 Å². The monoisotopic (exact) mass is 450 g/mol. The van der Waals surface area contributed by atoms with Crippen molar-refractivity contribution in [3.05, 3.63) is 65.7 Å². The summed E-state index contributed by atoms with van der Waals surface area (Å²) in [5.41, 5.74) is 2.53. The number of carbonyl (C=O) groups excluding carboxylic acids is 1. The van der Waals surface area contributed by atoms with E-state index in [1.54, 1.807) is 13.1 Å². The Labute approximate surface area is 193 Å². The molecule has 2 atom stereocenters. The van der Waals surface area contributed by atoms with Gasteiger partial charge >= 0.3 is 0 Å². The number of rotatable bonds is 8. The molecule has 1 amide bonds. The van der Waals surface area contributed by atoms with Gasteiger partial charge in [0, 0.05) is 30.9 Å². The molecule has 1 saturated heterocycles. The zero-order chi connectivity index (χ0) is 23.4. The van der Waals surface area contributed by atoms with Crippen molar-refractivity contribution in [3.8, 4) is 11.6 Å². The van der Waals surface area contributed by atoms with Crippen LogP contribution in [0.1, 0.15) is 54.9 Å². The third-order valence-corrected chi connectivity index (χ3v) is 5.61. The lowest BCUT2D eigenvalue weighted by Gasteiger charge is -2.20. The first-order valence-electron chi connectivity index (χ1n) is 11.3. The predicted molar refractivity (Wildman–Crippen MR) is 125 cm³/mol. The molecule has 3 heterocycles. The summed E-state index contributed by atoms with van der Waals surface area (Å²) in [5, 5.41) is 6.63.